The molecule has 1 N–H and O–H groups in total. The maximum Gasteiger partial charge on any atom is 0.407 e. The van der Waals surface area contributed by atoms with E-state index in [-0.39, 0.29) is 11.9 Å². The van der Waals surface area contributed by atoms with Gasteiger partial charge < -0.3 is 14.9 Å². The van der Waals surface area contributed by atoms with Gasteiger partial charge in [-0.3, -0.25) is 4.79 Å². The smallest absolute Gasteiger partial charge is 0.407 e. The Kier molecular flexibility index (Phi) is 4.37. The molecule has 0 aromatic heterocycles. The first-order chi connectivity index (χ1) is 11.1. The maximum absolute atomic E-state index is 11.9. The summed E-state index contributed by atoms with van der Waals surface area (Å²) in [6, 6.07) is 8.43. The van der Waals surface area contributed by atoms with Gasteiger partial charge in [0.2, 0.25) is 5.91 Å². The van der Waals surface area contributed by atoms with Gasteiger partial charge in [0.05, 0.1) is 6.04 Å². The number of hydrogen-bond donors (Lipinski definition) is 1. The van der Waals surface area contributed by atoms with Crippen molar-refractivity contribution in [2.45, 2.75) is 32.2 Å². The molecule has 0 spiro atoms. The molecule has 1 fully saturated rings. The SMILES string of the molecule is C[C@H](c1ccc(C2=CCN(C(=O)O)CC2)cc1)N1CCCC1=O. The van der Waals surface area contributed by atoms with E-state index < -0.39 is 6.09 Å². The number of carboxylic acid groups (broad SMARTS) is 1. The Labute approximate surface area is 136 Å². The minimum absolute atomic E-state index is 0.113. The van der Waals surface area contributed by atoms with Gasteiger partial charge in [-0.2, -0.15) is 0 Å². The topological polar surface area (TPSA) is 60.9 Å². The fraction of sp³-hybridized carbons (Fsp3) is 0.444. The lowest BCUT2D eigenvalue weighted by Gasteiger charge is -2.26. The van der Waals surface area contributed by atoms with Crippen molar-refractivity contribution in [3.63, 3.8) is 0 Å². The highest BCUT2D eigenvalue weighted by Crippen LogP contribution is 2.28. The number of carbonyl (C=O) groups is 2. The first kappa shape index (κ1) is 15.6. The summed E-state index contributed by atoms with van der Waals surface area (Å²) in [4.78, 5) is 26.1. The standard InChI is InChI=1S/C18H22N2O3/c1-13(20-10-2-3-17(20)21)14-4-6-15(7-5-14)16-8-11-19(12-9-16)18(22)23/h4-8,13H,2-3,9-12H2,1H3,(H,22,23)/t13-/m1/s1. The summed E-state index contributed by atoms with van der Waals surface area (Å²) in [5.74, 6) is 0.241. The molecule has 2 aliphatic rings. The number of rotatable bonds is 3. The second-order valence-corrected chi connectivity index (χ2v) is 6.20. The van der Waals surface area contributed by atoms with E-state index >= 15 is 0 Å². The third kappa shape index (κ3) is 3.23. The van der Waals surface area contributed by atoms with Crippen LogP contribution in [0.4, 0.5) is 4.79 Å². The van der Waals surface area contributed by atoms with Crippen LogP contribution in [0.3, 0.4) is 0 Å². The first-order valence-electron chi connectivity index (χ1n) is 8.13. The molecule has 0 saturated carbocycles. The second-order valence-electron chi connectivity index (χ2n) is 6.20. The third-order valence-corrected chi connectivity index (χ3v) is 4.82. The van der Waals surface area contributed by atoms with Crippen LogP contribution in [-0.2, 0) is 4.79 Å². The minimum atomic E-state index is -0.861. The van der Waals surface area contributed by atoms with Crippen LogP contribution in [0.15, 0.2) is 30.3 Å². The highest BCUT2D eigenvalue weighted by Gasteiger charge is 2.26. The summed E-state index contributed by atoms with van der Waals surface area (Å²) in [6.07, 6.45) is 3.48. The molecule has 3 rings (SSSR count). The Balaban J connectivity index is 1.70. The van der Waals surface area contributed by atoms with Gasteiger partial charge in [-0.25, -0.2) is 4.79 Å². The molecular formula is C18H22N2O3. The van der Waals surface area contributed by atoms with E-state index in [2.05, 4.69) is 31.2 Å². The summed E-state index contributed by atoms with van der Waals surface area (Å²) in [6.45, 7) is 3.91. The van der Waals surface area contributed by atoms with Crippen LogP contribution in [-0.4, -0.2) is 46.5 Å². The molecule has 0 radical (unpaired) electrons. The van der Waals surface area contributed by atoms with Gasteiger partial charge in [0.25, 0.3) is 0 Å². The summed E-state index contributed by atoms with van der Waals surface area (Å²) < 4.78 is 0. The zero-order valence-electron chi connectivity index (χ0n) is 13.4. The number of carbonyl (C=O) groups excluding carboxylic acids is 1. The van der Waals surface area contributed by atoms with Gasteiger partial charge in [-0.1, -0.05) is 30.3 Å². The summed E-state index contributed by atoms with van der Waals surface area (Å²) in [5, 5.41) is 8.98. The molecule has 1 saturated heterocycles. The predicted molar refractivity (Wildman–Crippen MR) is 88.0 cm³/mol. The minimum Gasteiger partial charge on any atom is -0.465 e. The molecule has 2 heterocycles. The zero-order chi connectivity index (χ0) is 16.4. The molecule has 1 atom stereocenters. The van der Waals surface area contributed by atoms with E-state index in [1.807, 2.05) is 11.0 Å². The lowest BCUT2D eigenvalue weighted by Crippen LogP contribution is -2.33. The second kappa shape index (κ2) is 6.44. The van der Waals surface area contributed by atoms with Crippen molar-refractivity contribution in [2.24, 2.45) is 0 Å². The monoisotopic (exact) mass is 314 g/mol. The van der Waals surface area contributed by atoms with E-state index in [0.717, 1.165) is 30.5 Å². The van der Waals surface area contributed by atoms with Crippen LogP contribution in [0.25, 0.3) is 5.57 Å². The lowest BCUT2D eigenvalue weighted by atomic mass is 9.97. The van der Waals surface area contributed by atoms with Crippen molar-refractivity contribution in [2.75, 3.05) is 19.6 Å². The molecule has 2 aliphatic heterocycles. The Morgan fingerprint density at radius 2 is 1.91 bits per heavy atom. The van der Waals surface area contributed by atoms with Crippen LogP contribution in [0.1, 0.15) is 43.4 Å². The van der Waals surface area contributed by atoms with Crippen molar-refractivity contribution in [1.82, 2.24) is 9.80 Å². The van der Waals surface area contributed by atoms with Crippen molar-refractivity contribution in [3.8, 4) is 0 Å². The van der Waals surface area contributed by atoms with Gasteiger partial charge in [0.1, 0.15) is 0 Å². The molecule has 2 amide bonds. The fourth-order valence-electron chi connectivity index (χ4n) is 3.34. The van der Waals surface area contributed by atoms with Crippen molar-refractivity contribution < 1.29 is 14.7 Å². The van der Waals surface area contributed by atoms with Crippen LogP contribution in [0.2, 0.25) is 0 Å². The number of nitrogens with zero attached hydrogens (tertiary/aromatic N) is 2. The Bertz CT molecular complexity index is 636. The Hall–Kier alpha value is -2.30. The van der Waals surface area contributed by atoms with E-state index in [1.54, 1.807) is 0 Å². The molecule has 1 aromatic rings. The molecule has 23 heavy (non-hydrogen) atoms. The van der Waals surface area contributed by atoms with Crippen molar-refractivity contribution >= 4 is 17.6 Å². The van der Waals surface area contributed by atoms with Crippen LogP contribution in [0, 0.1) is 0 Å². The summed E-state index contributed by atoms with van der Waals surface area (Å²) in [7, 11) is 0. The highest BCUT2D eigenvalue weighted by atomic mass is 16.4. The van der Waals surface area contributed by atoms with Crippen molar-refractivity contribution in [1.29, 1.82) is 0 Å². The lowest BCUT2D eigenvalue weighted by molar-refractivity contribution is -0.129. The van der Waals surface area contributed by atoms with Gasteiger partial charge >= 0.3 is 6.09 Å². The van der Waals surface area contributed by atoms with Crippen LogP contribution < -0.4 is 0 Å². The van der Waals surface area contributed by atoms with Gasteiger partial charge in [-0.15, -0.1) is 0 Å². The normalized spacial score (nSPS) is 19.7. The molecular weight excluding hydrogens is 292 g/mol. The summed E-state index contributed by atoms with van der Waals surface area (Å²) in [5.41, 5.74) is 3.48. The van der Waals surface area contributed by atoms with E-state index in [9.17, 15) is 9.59 Å². The first-order valence-corrected chi connectivity index (χ1v) is 8.13. The Morgan fingerprint density at radius 1 is 1.17 bits per heavy atom. The van der Waals surface area contributed by atoms with Crippen LogP contribution in [0.5, 0.6) is 0 Å². The molecule has 0 unspecified atom stereocenters. The predicted octanol–water partition coefficient (Wildman–Crippen LogP) is 3.14. The number of likely N-dealkylation sites (tertiary alicyclic amines) is 1. The molecule has 5 heteroatoms. The molecule has 122 valence electrons. The van der Waals surface area contributed by atoms with Gasteiger partial charge in [-0.05, 0) is 36.5 Å². The van der Waals surface area contributed by atoms with E-state index in [0.29, 0.717) is 19.5 Å². The highest BCUT2D eigenvalue weighted by molar-refractivity contribution is 5.78. The number of amides is 2. The molecule has 0 aliphatic carbocycles. The van der Waals surface area contributed by atoms with Gasteiger partial charge in [0, 0.05) is 26.1 Å². The quantitative estimate of drug-likeness (QED) is 0.932. The maximum atomic E-state index is 11.9. The number of hydrogen-bond acceptors (Lipinski definition) is 2. The summed E-state index contributed by atoms with van der Waals surface area (Å²) >= 11 is 0. The van der Waals surface area contributed by atoms with E-state index in [4.69, 9.17) is 5.11 Å². The molecule has 5 nitrogen and oxygen atoms in total. The van der Waals surface area contributed by atoms with Crippen molar-refractivity contribution in [3.05, 3.63) is 41.5 Å². The zero-order valence-corrected chi connectivity index (χ0v) is 13.4. The van der Waals surface area contributed by atoms with Crippen LogP contribution >= 0.6 is 0 Å². The molecule has 1 aromatic carbocycles. The largest absolute Gasteiger partial charge is 0.465 e. The average Bonchev–Trinajstić information content (AvgIpc) is 3.00. The average molecular weight is 314 g/mol. The fourth-order valence-corrected chi connectivity index (χ4v) is 3.34. The van der Waals surface area contributed by atoms with E-state index in [1.165, 1.54) is 10.5 Å². The number of benzene rings is 1. The molecule has 0 bridgehead atoms. The Morgan fingerprint density at radius 3 is 2.43 bits per heavy atom. The third-order valence-electron chi connectivity index (χ3n) is 4.82. The van der Waals surface area contributed by atoms with Gasteiger partial charge in [0.15, 0.2) is 0 Å².